The molecule has 0 aliphatic rings. The van der Waals surface area contributed by atoms with Crippen LogP contribution in [0.2, 0.25) is 0 Å². The third-order valence-electron chi connectivity index (χ3n) is 1.09. The van der Waals surface area contributed by atoms with E-state index in [2.05, 4.69) is 4.74 Å². The zero-order valence-corrected chi connectivity index (χ0v) is 6.14. The normalized spacial score (nSPS) is 12.4. The molecule has 8 heteroatoms. The van der Waals surface area contributed by atoms with Crippen molar-refractivity contribution in [1.82, 2.24) is 0 Å². The second-order valence-corrected chi connectivity index (χ2v) is 1.93. The molecular formula is C5H3F4O4-. The Bertz CT molecular complexity index is 237. The average Bonchev–Trinajstić information content (AvgIpc) is 2.02. The first kappa shape index (κ1) is 11.7. The van der Waals surface area contributed by atoms with Gasteiger partial charge in [-0.3, -0.25) is 0 Å². The van der Waals surface area contributed by atoms with Gasteiger partial charge >= 0.3 is 17.8 Å². The van der Waals surface area contributed by atoms with Crippen molar-refractivity contribution in [2.75, 3.05) is 7.11 Å². The van der Waals surface area contributed by atoms with Crippen molar-refractivity contribution < 1.29 is 37.0 Å². The minimum absolute atomic E-state index is 0.418. The number of carboxylic acids is 1. The van der Waals surface area contributed by atoms with Gasteiger partial charge in [0.1, 0.15) is 5.97 Å². The lowest BCUT2D eigenvalue weighted by atomic mass is 10.2. The Labute approximate surface area is 69.1 Å². The number of halogens is 4. The van der Waals surface area contributed by atoms with Gasteiger partial charge in [-0.1, -0.05) is 0 Å². The van der Waals surface area contributed by atoms with Crippen molar-refractivity contribution in [3.8, 4) is 0 Å². The fraction of sp³-hybridized carbons (Fsp3) is 0.600. The lowest BCUT2D eigenvalue weighted by molar-refractivity contribution is -0.346. The molecule has 0 unspecified atom stereocenters. The maximum Gasteiger partial charge on any atom is 0.410 e. The molecule has 0 bridgehead atoms. The van der Waals surface area contributed by atoms with Gasteiger partial charge in [0.05, 0.1) is 7.11 Å². The summed E-state index contributed by atoms with van der Waals surface area (Å²) in [5, 5.41) is 9.54. The van der Waals surface area contributed by atoms with E-state index >= 15 is 0 Å². The molecule has 0 heterocycles. The van der Waals surface area contributed by atoms with Crippen LogP contribution in [0.1, 0.15) is 0 Å². The van der Waals surface area contributed by atoms with Gasteiger partial charge < -0.3 is 14.6 Å². The van der Waals surface area contributed by atoms with Crippen molar-refractivity contribution in [1.29, 1.82) is 0 Å². The van der Waals surface area contributed by atoms with E-state index in [4.69, 9.17) is 0 Å². The van der Waals surface area contributed by atoms with Crippen LogP contribution in [0.5, 0.6) is 0 Å². The summed E-state index contributed by atoms with van der Waals surface area (Å²) >= 11 is 0. The van der Waals surface area contributed by atoms with Crippen LogP contribution < -0.4 is 5.11 Å². The van der Waals surface area contributed by atoms with Crippen molar-refractivity contribution in [2.45, 2.75) is 11.8 Å². The summed E-state index contributed by atoms with van der Waals surface area (Å²) in [6.45, 7) is 0. The molecule has 0 aromatic carbocycles. The van der Waals surface area contributed by atoms with E-state index in [0.29, 0.717) is 7.11 Å². The molecule has 0 aliphatic heterocycles. The number of esters is 1. The number of carboxylic acid groups (broad SMARTS) is 1. The van der Waals surface area contributed by atoms with Crippen molar-refractivity contribution in [3.63, 3.8) is 0 Å². The number of hydrogen-bond acceptors (Lipinski definition) is 4. The molecule has 13 heavy (non-hydrogen) atoms. The summed E-state index contributed by atoms with van der Waals surface area (Å²) in [6.07, 6.45) is 0. The highest BCUT2D eigenvalue weighted by molar-refractivity contribution is 5.88. The average molecular weight is 203 g/mol. The van der Waals surface area contributed by atoms with E-state index in [9.17, 15) is 32.3 Å². The lowest BCUT2D eigenvalue weighted by Gasteiger charge is -2.24. The van der Waals surface area contributed by atoms with Gasteiger partial charge in [0.15, 0.2) is 0 Å². The van der Waals surface area contributed by atoms with Crippen LogP contribution in [-0.2, 0) is 14.3 Å². The number of hydrogen-bond donors (Lipinski definition) is 0. The van der Waals surface area contributed by atoms with Crippen LogP contribution in [0.3, 0.4) is 0 Å². The van der Waals surface area contributed by atoms with E-state index in [1.54, 1.807) is 0 Å². The Morgan fingerprint density at radius 2 is 1.54 bits per heavy atom. The molecule has 0 radical (unpaired) electrons. The Hall–Kier alpha value is -1.34. The predicted octanol–water partition coefficient (Wildman–Crippen LogP) is -0.820. The van der Waals surface area contributed by atoms with E-state index in [1.165, 1.54) is 0 Å². The Morgan fingerprint density at radius 1 is 1.15 bits per heavy atom. The summed E-state index contributed by atoms with van der Waals surface area (Å²) in [5.41, 5.74) is 0. The maximum absolute atomic E-state index is 12.2. The molecule has 0 N–H and O–H groups in total. The zero-order chi connectivity index (χ0) is 10.9. The number of ether oxygens (including phenoxy) is 1. The summed E-state index contributed by atoms with van der Waals surface area (Å²) < 4.78 is 51.8. The van der Waals surface area contributed by atoms with Gasteiger partial charge in [-0.25, -0.2) is 4.79 Å². The fourth-order valence-corrected chi connectivity index (χ4v) is 0.385. The molecule has 4 nitrogen and oxygen atoms in total. The summed E-state index contributed by atoms with van der Waals surface area (Å²) in [7, 11) is 0.418. The van der Waals surface area contributed by atoms with Crippen molar-refractivity contribution >= 4 is 11.9 Å². The second kappa shape index (κ2) is 3.19. The molecule has 0 aliphatic carbocycles. The largest absolute Gasteiger partial charge is 0.544 e. The minimum atomic E-state index is -5.58. The standard InChI is InChI=1S/C5H4F4O4/c1-13-3(12)5(8,9)4(6,7)2(10)11/h1H3,(H,10,11)/p-1. The minimum Gasteiger partial charge on any atom is -0.544 e. The first-order valence-corrected chi connectivity index (χ1v) is 2.73. The van der Waals surface area contributed by atoms with Crippen LogP contribution in [0.4, 0.5) is 17.6 Å². The fourth-order valence-electron chi connectivity index (χ4n) is 0.385. The number of aliphatic carboxylic acids is 1. The zero-order valence-electron chi connectivity index (χ0n) is 6.14. The summed E-state index contributed by atoms with van der Waals surface area (Å²) in [5.74, 6) is -17.0. The third-order valence-corrected chi connectivity index (χ3v) is 1.09. The summed E-state index contributed by atoms with van der Waals surface area (Å²) in [6, 6.07) is 0. The topological polar surface area (TPSA) is 66.4 Å². The number of alkyl halides is 4. The first-order chi connectivity index (χ1) is 5.67. The molecule has 0 amide bonds. The predicted molar refractivity (Wildman–Crippen MR) is 26.9 cm³/mol. The third kappa shape index (κ3) is 1.70. The molecule has 0 atom stereocenters. The van der Waals surface area contributed by atoms with Crippen LogP contribution in [0, 0.1) is 0 Å². The van der Waals surface area contributed by atoms with Gasteiger partial charge in [-0.15, -0.1) is 0 Å². The van der Waals surface area contributed by atoms with Gasteiger partial charge in [0.2, 0.25) is 0 Å². The smallest absolute Gasteiger partial charge is 0.410 e. The van der Waals surface area contributed by atoms with E-state index in [1.807, 2.05) is 0 Å². The molecule has 0 fully saturated rings. The Morgan fingerprint density at radius 3 is 1.77 bits per heavy atom. The highest BCUT2D eigenvalue weighted by Crippen LogP contribution is 2.34. The highest BCUT2D eigenvalue weighted by atomic mass is 19.3. The second-order valence-electron chi connectivity index (χ2n) is 1.93. The number of rotatable bonds is 3. The highest BCUT2D eigenvalue weighted by Gasteiger charge is 2.64. The van der Waals surface area contributed by atoms with E-state index < -0.39 is 23.8 Å². The Kier molecular flexibility index (Phi) is 2.86. The molecule has 0 aromatic rings. The van der Waals surface area contributed by atoms with Crippen molar-refractivity contribution in [2.24, 2.45) is 0 Å². The molecule has 0 spiro atoms. The molecule has 0 saturated heterocycles. The van der Waals surface area contributed by atoms with Gasteiger partial charge in [-0.05, 0) is 0 Å². The molecule has 0 rings (SSSR count). The van der Waals surface area contributed by atoms with E-state index in [-0.39, 0.29) is 0 Å². The molecule has 0 saturated carbocycles. The van der Waals surface area contributed by atoms with E-state index in [0.717, 1.165) is 0 Å². The monoisotopic (exact) mass is 203 g/mol. The van der Waals surface area contributed by atoms with Crippen LogP contribution in [-0.4, -0.2) is 30.9 Å². The lowest BCUT2D eigenvalue weighted by Crippen LogP contribution is -2.57. The van der Waals surface area contributed by atoms with Gasteiger partial charge in [0, 0.05) is 0 Å². The first-order valence-electron chi connectivity index (χ1n) is 2.73. The van der Waals surface area contributed by atoms with Crippen LogP contribution >= 0.6 is 0 Å². The van der Waals surface area contributed by atoms with Gasteiger partial charge in [-0.2, -0.15) is 17.6 Å². The van der Waals surface area contributed by atoms with Gasteiger partial charge in [0.25, 0.3) is 0 Å². The summed E-state index contributed by atoms with van der Waals surface area (Å²) in [4.78, 5) is 19.6. The number of methoxy groups -OCH3 is 1. The molecular weight excluding hydrogens is 200 g/mol. The number of carbonyl (C=O) groups excluding carboxylic acids is 2. The maximum atomic E-state index is 12.2. The molecule has 0 aromatic heterocycles. The number of carbonyl (C=O) groups is 2. The van der Waals surface area contributed by atoms with Crippen LogP contribution in [0.25, 0.3) is 0 Å². The van der Waals surface area contributed by atoms with Crippen molar-refractivity contribution in [3.05, 3.63) is 0 Å². The molecule has 76 valence electrons. The Balaban J connectivity index is 5.02. The SMILES string of the molecule is COC(=O)C(F)(F)C(F)(F)C(=O)[O-]. The quantitative estimate of drug-likeness (QED) is 0.444. The van der Waals surface area contributed by atoms with Crippen LogP contribution in [0.15, 0.2) is 0 Å².